The van der Waals surface area contributed by atoms with Gasteiger partial charge in [0.15, 0.2) is 0 Å². The topological polar surface area (TPSA) is 37.3 Å². The molecule has 0 heterocycles. The Morgan fingerprint density at radius 2 is 1.81 bits per heavy atom. The summed E-state index contributed by atoms with van der Waals surface area (Å²) in [7, 11) is 0. The lowest BCUT2D eigenvalue weighted by Gasteiger charge is -2.06. The number of rotatable bonds is 4. The summed E-state index contributed by atoms with van der Waals surface area (Å²) in [4.78, 5) is 10.8. The van der Waals surface area contributed by atoms with Crippen LogP contribution in [-0.4, -0.2) is 23.0 Å². The Kier molecular flexibility index (Phi) is 4.23. The lowest BCUT2D eigenvalue weighted by Crippen LogP contribution is -2.10. The second-order valence-corrected chi connectivity index (χ2v) is 4.17. The number of hydrogen-bond donors (Lipinski definition) is 1. The first-order valence-corrected chi connectivity index (χ1v) is 5.36. The second-order valence-electron chi connectivity index (χ2n) is 3.12. The molecule has 2 nitrogen and oxygen atoms in total. The normalized spacial score (nSPS) is 11.4. The van der Waals surface area contributed by atoms with Gasteiger partial charge >= 0.3 is 12.1 Å². The van der Waals surface area contributed by atoms with Crippen molar-refractivity contribution in [2.45, 2.75) is 17.5 Å². The van der Waals surface area contributed by atoms with Gasteiger partial charge in [-0.3, -0.25) is 4.79 Å². The van der Waals surface area contributed by atoms with Gasteiger partial charge in [0, 0.05) is 4.90 Å². The van der Waals surface area contributed by atoms with Crippen molar-refractivity contribution in [2.75, 3.05) is 5.75 Å². The number of carbonyl (C=O) groups is 1. The SMILES string of the molecule is O=C(O)Cc1ccc(SCC(F)(F)F)cc1. The molecule has 0 amide bonds. The largest absolute Gasteiger partial charge is 0.481 e. The van der Waals surface area contributed by atoms with Crippen LogP contribution in [0.15, 0.2) is 29.2 Å². The van der Waals surface area contributed by atoms with Crippen LogP contribution in [0.1, 0.15) is 5.56 Å². The molecule has 0 unspecified atom stereocenters. The zero-order valence-electron chi connectivity index (χ0n) is 8.12. The zero-order chi connectivity index (χ0) is 12.2. The number of aliphatic carboxylic acids is 1. The molecule has 1 aromatic carbocycles. The molecule has 1 N–H and O–H groups in total. The van der Waals surface area contributed by atoms with Gasteiger partial charge in [0.25, 0.3) is 0 Å². The van der Waals surface area contributed by atoms with Gasteiger partial charge in [-0.1, -0.05) is 12.1 Å². The van der Waals surface area contributed by atoms with Gasteiger partial charge in [-0.25, -0.2) is 0 Å². The lowest BCUT2D eigenvalue weighted by molar-refractivity contribution is -0.136. The maximum Gasteiger partial charge on any atom is 0.398 e. The minimum absolute atomic E-state index is 0.121. The number of carboxylic acids is 1. The first-order valence-electron chi connectivity index (χ1n) is 4.37. The van der Waals surface area contributed by atoms with Gasteiger partial charge < -0.3 is 5.11 Å². The Labute approximate surface area is 94.5 Å². The highest BCUT2D eigenvalue weighted by Crippen LogP contribution is 2.27. The van der Waals surface area contributed by atoms with E-state index in [2.05, 4.69) is 0 Å². The van der Waals surface area contributed by atoms with Crippen molar-refractivity contribution in [2.24, 2.45) is 0 Å². The zero-order valence-corrected chi connectivity index (χ0v) is 8.94. The third-order valence-corrected chi connectivity index (χ3v) is 2.76. The fourth-order valence-corrected chi connectivity index (χ4v) is 1.70. The van der Waals surface area contributed by atoms with E-state index in [4.69, 9.17) is 5.11 Å². The van der Waals surface area contributed by atoms with Gasteiger partial charge in [0.05, 0.1) is 12.2 Å². The highest BCUT2D eigenvalue weighted by atomic mass is 32.2. The summed E-state index contributed by atoms with van der Waals surface area (Å²) in [5, 5.41) is 8.49. The van der Waals surface area contributed by atoms with Gasteiger partial charge in [0.2, 0.25) is 0 Å². The molecule has 88 valence electrons. The van der Waals surface area contributed by atoms with E-state index in [-0.39, 0.29) is 6.42 Å². The quantitative estimate of drug-likeness (QED) is 0.835. The second kappa shape index (κ2) is 5.25. The molecule has 0 saturated carbocycles. The average Bonchev–Trinajstić information content (AvgIpc) is 2.14. The van der Waals surface area contributed by atoms with E-state index in [1.165, 1.54) is 24.3 Å². The van der Waals surface area contributed by atoms with Gasteiger partial charge in [-0.2, -0.15) is 13.2 Å². The first kappa shape index (κ1) is 12.9. The number of thioether (sulfide) groups is 1. The van der Waals surface area contributed by atoms with E-state index < -0.39 is 17.9 Å². The van der Waals surface area contributed by atoms with E-state index in [0.29, 0.717) is 22.2 Å². The van der Waals surface area contributed by atoms with Crippen molar-refractivity contribution < 1.29 is 23.1 Å². The molecule has 0 saturated heterocycles. The van der Waals surface area contributed by atoms with Crippen LogP contribution in [-0.2, 0) is 11.2 Å². The number of hydrogen-bond acceptors (Lipinski definition) is 2. The van der Waals surface area contributed by atoms with Gasteiger partial charge in [0.1, 0.15) is 0 Å². The Hall–Kier alpha value is -1.17. The predicted molar refractivity (Wildman–Crippen MR) is 54.6 cm³/mol. The fraction of sp³-hybridized carbons (Fsp3) is 0.300. The molecule has 1 aromatic rings. The predicted octanol–water partition coefficient (Wildman–Crippen LogP) is 2.97. The molecule has 0 bridgehead atoms. The molecular weight excluding hydrogens is 241 g/mol. The van der Waals surface area contributed by atoms with E-state index in [1.807, 2.05) is 0 Å². The van der Waals surface area contributed by atoms with Crippen LogP contribution < -0.4 is 0 Å². The molecule has 0 aliphatic heterocycles. The minimum Gasteiger partial charge on any atom is -0.481 e. The third kappa shape index (κ3) is 5.06. The molecule has 0 radical (unpaired) electrons. The molecule has 1 rings (SSSR count). The van der Waals surface area contributed by atoms with Crippen molar-refractivity contribution in [1.82, 2.24) is 0 Å². The fourth-order valence-electron chi connectivity index (χ4n) is 1.04. The summed E-state index contributed by atoms with van der Waals surface area (Å²) >= 11 is 0.683. The molecule has 0 aromatic heterocycles. The third-order valence-electron chi connectivity index (χ3n) is 1.68. The molecule has 0 fully saturated rings. The van der Waals surface area contributed by atoms with Gasteiger partial charge in [-0.05, 0) is 17.7 Å². The van der Waals surface area contributed by atoms with Crippen LogP contribution >= 0.6 is 11.8 Å². The minimum atomic E-state index is -4.19. The monoisotopic (exact) mass is 250 g/mol. The van der Waals surface area contributed by atoms with Crippen molar-refractivity contribution in [3.05, 3.63) is 29.8 Å². The molecule has 16 heavy (non-hydrogen) atoms. The molecule has 0 aliphatic rings. The van der Waals surface area contributed by atoms with Crippen molar-refractivity contribution in [1.29, 1.82) is 0 Å². The molecule has 0 aliphatic carbocycles. The summed E-state index contributed by atoms with van der Waals surface area (Å²) in [5.74, 6) is -1.90. The summed E-state index contributed by atoms with van der Waals surface area (Å²) in [5.41, 5.74) is 0.573. The van der Waals surface area contributed by atoms with Crippen LogP contribution in [0, 0.1) is 0 Å². The Morgan fingerprint density at radius 1 is 1.25 bits per heavy atom. The average molecular weight is 250 g/mol. The van der Waals surface area contributed by atoms with E-state index >= 15 is 0 Å². The Morgan fingerprint density at radius 3 is 2.25 bits per heavy atom. The molecule has 0 spiro atoms. The molecule has 6 heteroatoms. The van der Waals surface area contributed by atoms with Crippen LogP contribution in [0.4, 0.5) is 13.2 Å². The van der Waals surface area contributed by atoms with Gasteiger partial charge in [-0.15, -0.1) is 11.8 Å². The Bertz CT molecular complexity index is 359. The molecule has 0 atom stereocenters. The van der Waals surface area contributed by atoms with Crippen LogP contribution in [0.25, 0.3) is 0 Å². The summed E-state index contributed by atoms with van der Waals surface area (Å²) in [6.07, 6.45) is -4.31. The first-order chi connectivity index (χ1) is 7.37. The summed E-state index contributed by atoms with van der Waals surface area (Å²) in [6, 6.07) is 6.03. The number of benzene rings is 1. The van der Waals surface area contributed by atoms with E-state index in [0.717, 1.165) is 0 Å². The van der Waals surface area contributed by atoms with Crippen LogP contribution in [0.5, 0.6) is 0 Å². The maximum atomic E-state index is 11.9. The number of alkyl halides is 3. The smallest absolute Gasteiger partial charge is 0.398 e. The van der Waals surface area contributed by atoms with Crippen molar-refractivity contribution >= 4 is 17.7 Å². The van der Waals surface area contributed by atoms with Crippen molar-refractivity contribution in [3.63, 3.8) is 0 Å². The lowest BCUT2D eigenvalue weighted by atomic mass is 10.2. The van der Waals surface area contributed by atoms with E-state index in [9.17, 15) is 18.0 Å². The number of carboxylic acid groups (broad SMARTS) is 1. The van der Waals surface area contributed by atoms with E-state index in [1.54, 1.807) is 0 Å². The maximum absolute atomic E-state index is 11.9. The highest BCUT2D eigenvalue weighted by Gasteiger charge is 2.27. The summed E-state index contributed by atoms with van der Waals surface area (Å²) < 4.78 is 35.7. The highest BCUT2D eigenvalue weighted by molar-refractivity contribution is 7.99. The number of halogens is 3. The Balaban J connectivity index is 2.55. The van der Waals surface area contributed by atoms with Crippen LogP contribution in [0.3, 0.4) is 0 Å². The molecular formula is C10H9F3O2S. The van der Waals surface area contributed by atoms with Crippen molar-refractivity contribution in [3.8, 4) is 0 Å². The van der Waals surface area contributed by atoms with Crippen LogP contribution in [0.2, 0.25) is 0 Å². The summed E-state index contributed by atoms with van der Waals surface area (Å²) in [6.45, 7) is 0. The standard InChI is InChI=1S/C10H9F3O2S/c11-10(12,13)6-16-8-3-1-7(2-4-8)5-9(14)15/h1-4H,5-6H2,(H,14,15).